The Morgan fingerprint density at radius 2 is 1.77 bits per heavy atom. The van der Waals surface area contributed by atoms with Crippen LogP contribution in [0, 0.1) is 13.8 Å². The maximum Gasteiger partial charge on any atom is 0.168 e. The Bertz CT molecular complexity index is 981. The SMILES string of the molecule is COc1ccc(-n2c(C)c(C)c3c2ncn2ncnc32)cc1. The molecule has 0 spiro atoms. The van der Waals surface area contributed by atoms with Crippen molar-refractivity contribution < 1.29 is 4.74 Å². The van der Waals surface area contributed by atoms with E-state index in [-0.39, 0.29) is 0 Å². The van der Waals surface area contributed by atoms with Gasteiger partial charge in [0, 0.05) is 11.4 Å². The lowest BCUT2D eigenvalue weighted by atomic mass is 10.2. The second-order valence-electron chi connectivity index (χ2n) is 5.22. The highest BCUT2D eigenvalue weighted by Crippen LogP contribution is 2.29. The number of fused-ring (bicyclic) bond motifs is 3. The first-order chi connectivity index (χ1) is 10.7. The zero-order chi connectivity index (χ0) is 15.3. The van der Waals surface area contributed by atoms with Gasteiger partial charge in [-0.3, -0.25) is 4.57 Å². The molecule has 0 saturated carbocycles. The average Bonchev–Trinajstić information content (AvgIpc) is 3.11. The van der Waals surface area contributed by atoms with E-state index in [9.17, 15) is 0 Å². The first-order valence-electron chi connectivity index (χ1n) is 7.01. The molecule has 0 N–H and O–H groups in total. The number of nitrogens with zero attached hydrogens (tertiary/aromatic N) is 5. The van der Waals surface area contributed by atoms with Crippen LogP contribution in [-0.2, 0) is 0 Å². The molecule has 4 aromatic rings. The third-order valence-corrected chi connectivity index (χ3v) is 4.11. The fourth-order valence-corrected chi connectivity index (χ4v) is 2.85. The van der Waals surface area contributed by atoms with Gasteiger partial charge in [0.15, 0.2) is 11.3 Å². The zero-order valence-corrected chi connectivity index (χ0v) is 12.6. The zero-order valence-electron chi connectivity index (χ0n) is 12.6. The van der Waals surface area contributed by atoms with Gasteiger partial charge in [-0.15, -0.1) is 0 Å². The van der Waals surface area contributed by atoms with E-state index in [1.54, 1.807) is 24.3 Å². The largest absolute Gasteiger partial charge is 0.497 e. The van der Waals surface area contributed by atoms with Crippen LogP contribution < -0.4 is 4.74 Å². The average molecular weight is 293 g/mol. The van der Waals surface area contributed by atoms with Crippen molar-refractivity contribution in [3.63, 3.8) is 0 Å². The fourth-order valence-electron chi connectivity index (χ4n) is 2.85. The van der Waals surface area contributed by atoms with E-state index in [0.29, 0.717) is 0 Å². The maximum atomic E-state index is 5.23. The van der Waals surface area contributed by atoms with Crippen molar-refractivity contribution in [2.75, 3.05) is 7.11 Å². The summed E-state index contributed by atoms with van der Waals surface area (Å²) in [6, 6.07) is 7.96. The Morgan fingerprint density at radius 1 is 1.00 bits per heavy atom. The van der Waals surface area contributed by atoms with Gasteiger partial charge in [-0.05, 0) is 43.7 Å². The van der Waals surface area contributed by atoms with Gasteiger partial charge < -0.3 is 4.74 Å². The van der Waals surface area contributed by atoms with Gasteiger partial charge >= 0.3 is 0 Å². The van der Waals surface area contributed by atoms with Crippen molar-refractivity contribution in [2.24, 2.45) is 0 Å². The third kappa shape index (κ3) is 1.64. The van der Waals surface area contributed by atoms with Gasteiger partial charge in [0.25, 0.3) is 0 Å². The molecule has 3 aromatic heterocycles. The van der Waals surface area contributed by atoms with Gasteiger partial charge in [-0.25, -0.2) is 14.5 Å². The van der Waals surface area contributed by atoms with Crippen molar-refractivity contribution in [3.05, 3.63) is 48.2 Å². The predicted octanol–water partition coefficient (Wildman–Crippen LogP) is 2.69. The summed E-state index contributed by atoms with van der Waals surface area (Å²) < 4.78 is 9.07. The van der Waals surface area contributed by atoms with Crippen molar-refractivity contribution in [3.8, 4) is 11.4 Å². The van der Waals surface area contributed by atoms with Crippen molar-refractivity contribution >= 4 is 16.7 Å². The molecule has 110 valence electrons. The summed E-state index contributed by atoms with van der Waals surface area (Å²) >= 11 is 0. The lowest BCUT2D eigenvalue weighted by molar-refractivity contribution is 0.415. The van der Waals surface area contributed by atoms with Gasteiger partial charge in [0.1, 0.15) is 18.4 Å². The molecule has 0 amide bonds. The van der Waals surface area contributed by atoms with Crippen molar-refractivity contribution in [1.29, 1.82) is 0 Å². The number of aromatic nitrogens is 5. The summed E-state index contributed by atoms with van der Waals surface area (Å²) in [7, 11) is 1.67. The Balaban J connectivity index is 2.06. The molecule has 1 aromatic carbocycles. The number of methoxy groups -OCH3 is 1. The summed E-state index contributed by atoms with van der Waals surface area (Å²) in [5.41, 5.74) is 5.08. The first kappa shape index (κ1) is 12.8. The van der Waals surface area contributed by atoms with E-state index in [1.807, 2.05) is 24.3 Å². The molecule has 0 bridgehead atoms. The van der Waals surface area contributed by atoms with Gasteiger partial charge in [-0.2, -0.15) is 5.10 Å². The van der Waals surface area contributed by atoms with E-state index in [4.69, 9.17) is 4.74 Å². The van der Waals surface area contributed by atoms with E-state index in [0.717, 1.165) is 39.4 Å². The van der Waals surface area contributed by atoms with E-state index in [2.05, 4.69) is 33.5 Å². The molecule has 3 heterocycles. The normalized spacial score (nSPS) is 11.4. The highest BCUT2D eigenvalue weighted by Gasteiger charge is 2.17. The third-order valence-electron chi connectivity index (χ3n) is 4.11. The summed E-state index contributed by atoms with van der Waals surface area (Å²) in [6.45, 7) is 4.18. The van der Waals surface area contributed by atoms with Crippen LogP contribution in [0.25, 0.3) is 22.4 Å². The van der Waals surface area contributed by atoms with Gasteiger partial charge in [-0.1, -0.05) is 0 Å². The summed E-state index contributed by atoms with van der Waals surface area (Å²) in [4.78, 5) is 8.94. The minimum absolute atomic E-state index is 0.831. The molecule has 0 saturated heterocycles. The number of hydrogen-bond acceptors (Lipinski definition) is 4. The Hall–Kier alpha value is -2.89. The molecule has 6 heteroatoms. The van der Waals surface area contributed by atoms with Crippen LogP contribution in [0.15, 0.2) is 36.9 Å². The molecule has 0 unspecified atom stereocenters. The van der Waals surface area contributed by atoms with E-state index < -0.39 is 0 Å². The molecule has 4 rings (SSSR count). The maximum absolute atomic E-state index is 5.23. The summed E-state index contributed by atoms with van der Waals surface area (Å²) in [6.07, 6.45) is 3.25. The molecule has 0 radical (unpaired) electrons. The quantitative estimate of drug-likeness (QED) is 0.570. The van der Waals surface area contributed by atoms with E-state index in [1.165, 1.54) is 0 Å². The standard InChI is InChI=1S/C16H15N5O/c1-10-11(2)21(12-4-6-13(22-3)7-5-12)16-14(10)15-17-8-19-20(15)9-18-16/h4-9H,1-3H3. The monoisotopic (exact) mass is 293 g/mol. The smallest absolute Gasteiger partial charge is 0.168 e. The van der Waals surface area contributed by atoms with E-state index >= 15 is 0 Å². The summed E-state index contributed by atoms with van der Waals surface area (Å²) in [5.74, 6) is 0.836. The summed E-state index contributed by atoms with van der Waals surface area (Å²) in [5, 5.41) is 5.20. The lowest BCUT2D eigenvalue weighted by Crippen LogP contribution is -1.99. The predicted molar refractivity (Wildman–Crippen MR) is 83.6 cm³/mol. The van der Waals surface area contributed by atoms with Crippen molar-refractivity contribution in [1.82, 2.24) is 24.1 Å². The van der Waals surface area contributed by atoms with Crippen LogP contribution in [0.2, 0.25) is 0 Å². The Morgan fingerprint density at radius 3 is 2.50 bits per heavy atom. The minimum Gasteiger partial charge on any atom is -0.497 e. The molecular weight excluding hydrogens is 278 g/mol. The highest BCUT2D eigenvalue weighted by atomic mass is 16.5. The van der Waals surface area contributed by atoms with Crippen LogP contribution in [0.4, 0.5) is 0 Å². The van der Waals surface area contributed by atoms with Crippen LogP contribution in [0.1, 0.15) is 11.3 Å². The van der Waals surface area contributed by atoms with Gasteiger partial charge in [0.05, 0.1) is 12.5 Å². The number of hydrogen-bond donors (Lipinski definition) is 0. The van der Waals surface area contributed by atoms with Gasteiger partial charge in [0.2, 0.25) is 0 Å². The Kier molecular flexibility index (Phi) is 2.66. The van der Waals surface area contributed by atoms with Crippen molar-refractivity contribution in [2.45, 2.75) is 13.8 Å². The fraction of sp³-hybridized carbons (Fsp3) is 0.188. The molecule has 0 aliphatic rings. The van der Waals surface area contributed by atoms with Crippen LogP contribution in [0.5, 0.6) is 5.75 Å². The lowest BCUT2D eigenvalue weighted by Gasteiger charge is -2.08. The number of ether oxygens (including phenoxy) is 1. The molecule has 22 heavy (non-hydrogen) atoms. The molecule has 6 nitrogen and oxygen atoms in total. The molecular formula is C16H15N5O. The van der Waals surface area contributed by atoms with Crippen LogP contribution in [-0.4, -0.2) is 31.3 Å². The highest BCUT2D eigenvalue weighted by molar-refractivity contribution is 5.94. The molecule has 0 aliphatic carbocycles. The first-order valence-corrected chi connectivity index (χ1v) is 7.01. The minimum atomic E-state index is 0.831. The number of rotatable bonds is 2. The second kappa shape index (κ2) is 4.56. The number of aryl methyl sites for hydroxylation is 1. The molecule has 0 atom stereocenters. The van der Waals surface area contributed by atoms with Crippen LogP contribution >= 0.6 is 0 Å². The number of benzene rings is 1. The second-order valence-corrected chi connectivity index (χ2v) is 5.22. The van der Waals surface area contributed by atoms with Crippen LogP contribution in [0.3, 0.4) is 0 Å². The Labute approximate surface area is 127 Å². The molecule has 0 aliphatic heterocycles. The molecule has 0 fully saturated rings. The topological polar surface area (TPSA) is 57.2 Å².